The molecule has 0 N–H and O–H groups in total. The van der Waals surface area contributed by atoms with Crippen LogP contribution in [0.15, 0.2) is 0 Å². The lowest BCUT2D eigenvalue weighted by Gasteiger charge is -2.35. The number of piperazine rings is 1. The lowest BCUT2D eigenvalue weighted by Crippen LogP contribution is -2.45. The summed E-state index contributed by atoms with van der Waals surface area (Å²) < 4.78 is 0. The van der Waals surface area contributed by atoms with Crippen LogP contribution in [0.5, 0.6) is 0 Å². The van der Waals surface area contributed by atoms with Crippen LogP contribution >= 0.6 is 0 Å². The van der Waals surface area contributed by atoms with Crippen LogP contribution in [0.3, 0.4) is 0 Å². The van der Waals surface area contributed by atoms with Crippen LogP contribution in [-0.4, -0.2) is 74.1 Å². The molecule has 3 heteroatoms. The van der Waals surface area contributed by atoms with Gasteiger partial charge in [0.05, 0.1) is 0 Å². The molecular formula is C14H29N3. The minimum Gasteiger partial charge on any atom is -0.304 e. The summed E-state index contributed by atoms with van der Waals surface area (Å²) in [7, 11) is 2.23. The molecule has 0 unspecified atom stereocenters. The molecule has 17 heavy (non-hydrogen) atoms. The largest absolute Gasteiger partial charge is 0.304 e. The molecule has 3 nitrogen and oxygen atoms in total. The second-order valence-electron chi connectivity index (χ2n) is 5.81. The number of hydrogen-bond donors (Lipinski definition) is 0. The van der Waals surface area contributed by atoms with E-state index in [4.69, 9.17) is 0 Å². The van der Waals surface area contributed by atoms with Crippen molar-refractivity contribution in [3.8, 4) is 0 Å². The summed E-state index contributed by atoms with van der Waals surface area (Å²) in [5.74, 6) is 0.998. The van der Waals surface area contributed by atoms with Crippen molar-refractivity contribution in [2.75, 3.05) is 59.4 Å². The van der Waals surface area contributed by atoms with E-state index in [9.17, 15) is 0 Å². The number of nitrogens with zero attached hydrogens (tertiary/aromatic N) is 3. The van der Waals surface area contributed by atoms with Gasteiger partial charge < -0.3 is 14.7 Å². The van der Waals surface area contributed by atoms with Crippen molar-refractivity contribution >= 4 is 0 Å². The van der Waals surface area contributed by atoms with Gasteiger partial charge >= 0.3 is 0 Å². The van der Waals surface area contributed by atoms with Crippen LogP contribution in [-0.2, 0) is 0 Å². The Labute approximate surface area is 107 Å². The highest BCUT2D eigenvalue weighted by molar-refractivity contribution is 4.75. The number of likely N-dealkylation sites (N-methyl/N-ethyl adjacent to an activating group) is 1. The molecule has 2 aliphatic rings. The fourth-order valence-corrected chi connectivity index (χ4v) is 3.03. The number of hydrogen-bond acceptors (Lipinski definition) is 3. The van der Waals surface area contributed by atoms with Gasteiger partial charge in [-0.15, -0.1) is 0 Å². The summed E-state index contributed by atoms with van der Waals surface area (Å²) in [5, 5.41) is 0. The Hall–Kier alpha value is -0.120. The Morgan fingerprint density at radius 3 is 2.12 bits per heavy atom. The van der Waals surface area contributed by atoms with Crippen molar-refractivity contribution in [1.29, 1.82) is 0 Å². The van der Waals surface area contributed by atoms with Gasteiger partial charge in [-0.3, -0.25) is 0 Å². The van der Waals surface area contributed by atoms with Gasteiger partial charge in [0.15, 0.2) is 0 Å². The molecule has 2 aliphatic heterocycles. The summed E-state index contributed by atoms with van der Waals surface area (Å²) in [4.78, 5) is 7.69. The zero-order valence-electron chi connectivity index (χ0n) is 11.7. The number of piperidine rings is 1. The van der Waals surface area contributed by atoms with Crippen LogP contribution in [0.25, 0.3) is 0 Å². The molecule has 2 heterocycles. The van der Waals surface area contributed by atoms with Crippen LogP contribution in [0.1, 0.15) is 26.2 Å². The van der Waals surface area contributed by atoms with Crippen molar-refractivity contribution in [2.45, 2.75) is 26.2 Å². The predicted molar refractivity (Wildman–Crippen MR) is 73.4 cm³/mol. The van der Waals surface area contributed by atoms with Crippen LogP contribution in [0.4, 0.5) is 0 Å². The second kappa shape index (κ2) is 6.72. The third kappa shape index (κ3) is 4.23. The predicted octanol–water partition coefficient (Wildman–Crippen LogP) is 1.36. The van der Waals surface area contributed by atoms with E-state index in [1.807, 2.05) is 0 Å². The third-order valence-electron chi connectivity index (χ3n) is 4.60. The molecule has 0 radical (unpaired) electrons. The van der Waals surface area contributed by atoms with E-state index in [1.54, 1.807) is 0 Å². The minimum atomic E-state index is 0.998. The SMILES string of the molecule is CCN1CCC(CCN2CCN(C)CC2)CC1. The summed E-state index contributed by atoms with van der Waals surface area (Å²) in [6.45, 7) is 12.6. The fourth-order valence-electron chi connectivity index (χ4n) is 3.03. The van der Waals surface area contributed by atoms with Crippen LogP contribution in [0.2, 0.25) is 0 Å². The lowest BCUT2D eigenvalue weighted by molar-refractivity contribution is 0.131. The summed E-state index contributed by atoms with van der Waals surface area (Å²) in [6, 6.07) is 0. The van der Waals surface area contributed by atoms with Crippen molar-refractivity contribution in [2.24, 2.45) is 5.92 Å². The van der Waals surface area contributed by atoms with Gasteiger partial charge in [0.25, 0.3) is 0 Å². The molecule has 0 aromatic rings. The first-order chi connectivity index (χ1) is 8.28. The molecule has 0 spiro atoms. The van der Waals surface area contributed by atoms with Crippen molar-refractivity contribution in [1.82, 2.24) is 14.7 Å². The Kier molecular flexibility index (Phi) is 5.26. The molecule has 2 fully saturated rings. The zero-order valence-corrected chi connectivity index (χ0v) is 11.7. The average molecular weight is 239 g/mol. The van der Waals surface area contributed by atoms with E-state index in [2.05, 4.69) is 28.7 Å². The van der Waals surface area contributed by atoms with Gasteiger partial charge in [-0.25, -0.2) is 0 Å². The Balaban J connectivity index is 1.59. The van der Waals surface area contributed by atoms with E-state index in [1.165, 1.54) is 71.6 Å². The number of likely N-dealkylation sites (tertiary alicyclic amines) is 1. The first-order valence-electron chi connectivity index (χ1n) is 7.41. The minimum absolute atomic E-state index is 0.998. The molecule has 2 rings (SSSR count). The van der Waals surface area contributed by atoms with Gasteiger partial charge in [-0.1, -0.05) is 6.92 Å². The zero-order chi connectivity index (χ0) is 12.1. The first kappa shape index (κ1) is 13.3. The van der Waals surface area contributed by atoms with Gasteiger partial charge in [0, 0.05) is 26.2 Å². The molecular weight excluding hydrogens is 210 g/mol. The first-order valence-corrected chi connectivity index (χ1v) is 7.41. The maximum atomic E-state index is 2.66. The van der Waals surface area contributed by atoms with Crippen LogP contribution < -0.4 is 0 Å². The van der Waals surface area contributed by atoms with Gasteiger partial charge in [0.2, 0.25) is 0 Å². The van der Waals surface area contributed by atoms with Crippen LogP contribution in [0, 0.1) is 5.92 Å². The fraction of sp³-hybridized carbons (Fsp3) is 1.00. The Morgan fingerprint density at radius 1 is 0.882 bits per heavy atom. The molecule has 0 saturated carbocycles. The monoisotopic (exact) mass is 239 g/mol. The smallest absolute Gasteiger partial charge is 0.0110 e. The second-order valence-corrected chi connectivity index (χ2v) is 5.81. The molecule has 0 aromatic carbocycles. The molecule has 0 atom stereocenters. The normalized spacial score (nSPS) is 26.5. The van der Waals surface area contributed by atoms with E-state index < -0.39 is 0 Å². The summed E-state index contributed by atoms with van der Waals surface area (Å²) >= 11 is 0. The highest BCUT2D eigenvalue weighted by Crippen LogP contribution is 2.20. The highest BCUT2D eigenvalue weighted by Gasteiger charge is 2.20. The molecule has 2 saturated heterocycles. The average Bonchev–Trinajstić information content (AvgIpc) is 2.39. The van der Waals surface area contributed by atoms with Gasteiger partial charge in [0.1, 0.15) is 0 Å². The molecule has 0 bridgehead atoms. The Morgan fingerprint density at radius 2 is 1.53 bits per heavy atom. The van der Waals surface area contributed by atoms with E-state index >= 15 is 0 Å². The third-order valence-corrected chi connectivity index (χ3v) is 4.60. The lowest BCUT2D eigenvalue weighted by atomic mass is 9.93. The van der Waals surface area contributed by atoms with Crippen molar-refractivity contribution in [3.63, 3.8) is 0 Å². The topological polar surface area (TPSA) is 9.72 Å². The number of rotatable bonds is 4. The Bertz CT molecular complexity index is 204. The molecule has 0 amide bonds. The molecule has 100 valence electrons. The standard InChI is InChI=1S/C14H29N3/c1-3-16-7-4-14(5-8-16)6-9-17-12-10-15(2)11-13-17/h14H,3-13H2,1-2H3. The maximum absolute atomic E-state index is 2.66. The van der Waals surface area contributed by atoms with E-state index in [0.29, 0.717) is 0 Å². The highest BCUT2D eigenvalue weighted by atomic mass is 15.2. The summed E-state index contributed by atoms with van der Waals surface area (Å²) in [6.07, 6.45) is 4.30. The van der Waals surface area contributed by atoms with Crippen molar-refractivity contribution in [3.05, 3.63) is 0 Å². The van der Waals surface area contributed by atoms with E-state index in [0.717, 1.165) is 5.92 Å². The molecule has 0 aromatic heterocycles. The van der Waals surface area contributed by atoms with Gasteiger partial charge in [-0.2, -0.15) is 0 Å². The quantitative estimate of drug-likeness (QED) is 0.733. The molecule has 0 aliphatic carbocycles. The summed E-state index contributed by atoms with van der Waals surface area (Å²) in [5.41, 5.74) is 0. The van der Waals surface area contributed by atoms with Gasteiger partial charge in [-0.05, 0) is 58.4 Å². The maximum Gasteiger partial charge on any atom is 0.0110 e. The van der Waals surface area contributed by atoms with E-state index in [-0.39, 0.29) is 0 Å². The van der Waals surface area contributed by atoms with Crippen molar-refractivity contribution < 1.29 is 0 Å².